The highest BCUT2D eigenvalue weighted by molar-refractivity contribution is 6.46. The third-order valence-corrected chi connectivity index (χ3v) is 6.62. The molecule has 0 aliphatic carbocycles. The van der Waals surface area contributed by atoms with Crippen molar-refractivity contribution in [1.82, 2.24) is 9.80 Å². The van der Waals surface area contributed by atoms with E-state index < -0.39 is 17.7 Å². The lowest BCUT2D eigenvalue weighted by Gasteiger charge is -2.28. The van der Waals surface area contributed by atoms with Crippen LogP contribution in [-0.4, -0.2) is 66.0 Å². The zero-order chi connectivity index (χ0) is 27.1. The Kier molecular flexibility index (Phi) is 9.75. The second-order valence-electron chi connectivity index (χ2n) is 9.71. The molecule has 0 radical (unpaired) electrons. The number of ketones is 1. The molecule has 1 N–H and O–H groups in total. The number of hydrogen-bond acceptors (Lipinski definition) is 6. The van der Waals surface area contributed by atoms with Gasteiger partial charge in [0, 0.05) is 18.7 Å². The number of likely N-dealkylation sites (tertiary alicyclic amines) is 1. The molecule has 1 heterocycles. The summed E-state index contributed by atoms with van der Waals surface area (Å²) in [6.45, 7) is 15.9. The first-order chi connectivity index (χ1) is 17.7. The Morgan fingerprint density at radius 3 is 2.27 bits per heavy atom. The van der Waals surface area contributed by atoms with Crippen molar-refractivity contribution in [3.8, 4) is 11.5 Å². The Hall–Kier alpha value is -3.32. The Morgan fingerprint density at radius 2 is 1.70 bits per heavy atom. The van der Waals surface area contributed by atoms with Crippen molar-refractivity contribution in [3.05, 3.63) is 64.7 Å². The number of aliphatic hydroxyl groups excluding tert-OH is 1. The molecule has 0 aromatic heterocycles. The van der Waals surface area contributed by atoms with E-state index >= 15 is 0 Å². The molecule has 37 heavy (non-hydrogen) atoms. The fourth-order valence-corrected chi connectivity index (χ4v) is 4.53. The topological polar surface area (TPSA) is 79.3 Å². The maximum absolute atomic E-state index is 13.3. The lowest BCUT2D eigenvalue weighted by molar-refractivity contribution is -0.140. The quantitative estimate of drug-likeness (QED) is 0.241. The van der Waals surface area contributed by atoms with Crippen molar-refractivity contribution in [3.63, 3.8) is 0 Å². The fraction of sp³-hybridized carbons (Fsp3) is 0.467. The van der Waals surface area contributed by atoms with E-state index in [0.29, 0.717) is 43.5 Å². The van der Waals surface area contributed by atoms with Crippen molar-refractivity contribution >= 4 is 17.4 Å². The normalized spacial score (nSPS) is 17.2. The predicted molar refractivity (Wildman–Crippen MR) is 146 cm³/mol. The molecule has 2 aromatic carbocycles. The number of Topliss-reactive ketones (excluding diaryl/α,β-unsaturated/α-hetero) is 1. The molecule has 7 heteroatoms. The van der Waals surface area contributed by atoms with Gasteiger partial charge in [0.05, 0.1) is 24.8 Å². The number of aliphatic hydroxyl groups is 1. The molecule has 0 bridgehead atoms. The lowest BCUT2D eigenvalue weighted by atomic mass is 9.94. The van der Waals surface area contributed by atoms with Gasteiger partial charge in [-0.3, -0.25) is 9.59 Å². The zero-order valence-electron chi connectivity index (χ0n) is 22.9. The van der Waals surface area contributed by atoms with Crippen LogP contribution in [0.15, 0.2) is 48.0 Å². The highest BCUT2D eigenvalue weighted by atomic mass is 16.5. The summed E-state index contributed by atoms with van der Waals surface area (Å²) in [5.74, 6) is 0.372. The standard InChI is InChI=1S/C30H40N2O5/c1-7-31(8-2)16-17-32-27(22-10-13-24(14-11-22)36-9-3)26(29(34)30(32)35)28(33)23-12-15-25(21(6)18-23)37-19-20(4)5/h10-15,18,20,27,33H,7-9,16-17,19H2,1-6H3/t27-/m0/s1. The van der Waals surface area contributed by atoms with Gasteiger partial charge in [0.2, 0.25) is 0 Å². The van der Waals surface area contributed by atoms with Gasteiger partial charge < -0.3 is 24.4 Å². The Labute approximate surface area is 220 Å². The van der Waals surface area contributed by atoms with Crippen molar-refractivity contribution in [1.29, 1.82) is 0 Å². The van der Waals surface area contributed by atoms with Crippen LogP contribution in [0.2, 0.25) is 0 Å². The maximum Gasteiger partial charge on any atom is 0.295 e. The van der Waals surface area contributed by atoms with Crippen LogP contribution >= 0.6 is 0 Å². The van der Waals surface area contributed by atoms with E-state index in [2.05, 4.69) is 32.6 Å². The van der Waals surface area contributed by atoms with Gasteiger partial charge in [-0.2, -0.15) is 0 Å². The molecule has 1 saturated heterocycles. The summed E-state index contributed by atoms with van der Waals surface area (Å²) in [6.07, 6.45) is 0. The molecule has 1 atom stereocenters. The molecule has 1 fully saturated rings. The highest BCUT2D eigenvalue weighted by Crippen LogP contribution is 2.40. The molecule has 7 nitrogen and oxygen atoms in total. The summed E-state index contributed by atoms with van der Waals surface area (Å²) < 4.78 is 11.4. The van der Waals surface area contributed by atoms with Crippen LogP contribution in [0.3, 0.4) is 0 Å². The van der Waals surface area contributed by atoms with Crippen LogP contribution in [0, 0.1) is 12.8 Å². The number of nitrogens with zero attached hydrogens (tertiary/aromatic N) is 2. The molecule has 3 rings (SSSR count). The average Bonchev–Trinajstić information content (AvgIpc) is 3.13. The molecular weight excluding hydrogens is 468 g/mol. The molecule has 2 aromatic rings. The summed E-state index contributed by atoms with van der Waals surface area (Å²) in [5, 5.41) is 11.4. The number of carbonyl (C=O) groups is 2. The van der Waals surface area contributed by atoms with E-state index in [-0.39, 0.29) is 11.3 Å². The van der Waals surface area contributed by atoms with Crippen LogP contribution in [0.4, 0.5) is 0 Å². The van der Waals surface area contributed by atoms with E-state index in [0.717, 1.165) is 30.0 Å². The smallest absolute Gasteiger partial charge is 0.295 e. The number of aryl methyl sites for hydroxylation is 1. The number of hydrogen-bond donors (Lipinski definition) is 1. The minimum atomic E-state index is -0.691. The highest BCUT2D eigenvalue weighted by Gasteiger charge is 2.46. The van der Waals surface area contributed by atoms with Gasteiger partial charge in [0.25, 0.3) is 11.7 Å². The van der Waals surface area contributed by atoms with Crippen LogP contribution in [-0.2, 0) is 9.59 Å². The number of amides is 1. The van der Waals surface area contributed by atoms with Gasteiger partial charge in [-0.15, -0.1) is 0 Å². The van der Waals surface area contributed by atoms with E-state index in [1.807, 2.05) is 38.1 Å². The van der Waals surface area contributed by atoms with Gasteiger partial charge in [-0.05, 0) is 74.3 Å². The van der Waals surface area contributed by atoms with Crippen LogP contribution in [0.5, 0.6) is 11.5 Å². The number of likely N-dealkylation sites (N-methyl/N-ethyl adjacent to an activating group) is 1. The summed E-state index contributed by atoms with van der Waals surface area (Å²) in [6, 6.07) is 12.0. The second-order valence-corrected chi connectivity index (χ2v) is 9.71. The van der Waals surface area contributed by atoms with Crippen LogP contribution in [0.1, 0.15) is 57.4 Å². The van der Waals surface area contributed by atoms with Gasteiger partial charge in [-0.1, -0.05) is 39.8 Å². The predicted octanol–water partition coefficient (Wildman–Crippen LogP) is 5.19. The Balaban J connectivity index is 2.05. The third-order valence-electron chi connectivity index (χ3n) is 6.62. The van der Waals surface area contributed by atoms with Crippen LogP contribution in [0.25, 0.3) is 5.76 Å². The Morgan fingerprint density at radius 1 is 1.03 bits per heavy atom. The summed E-state index contributed by atoms with van der Waals surface area (Å²) in [4.78, 5) is 30.3. The second kappa shape index (κ2) is 12.8. The molecule has 1 aliphatic rings. The van der Waals surface area contributed by atoms with E-state index in [1.54, 1.807) is 23.1 Å². The molecular formula is C30H40N2O5. The van der Waals surface area contributed by atoms with Gasteiger partial charge in [-0.25, -0.2) is 0 Å². The monoisotopic (exact) mass is 508 g/mol. The molecule has 1 aliphatic heterocycles. The maximum atomic E-state index is 13.3. The summed E-state index contributed by atoms with van der Waals surface area (Å²) >= 11 is 0. The van der Waals surface area contributed by atoms with Crippen molar-refractivity contribution in [2.24, 2.45) is 5.92 Å². The first-order valence-electron chi connectivity index (χ1n) is 13.2. The zero-order valence-corrected chi connectivity index (χ0v) is 22.9. The van der Waals surface area contributed by atoms with Crippen molar-refractivity contribution in [2.45, 2.75) is 47.6 Å². The Bertz CT molecular complexity index is 1120. The van der Waals surface area contributed by atoms with Crippen molar-refractivity contribution < 1.29 is 24.2 Å². The van der Waals surface area contributed by atoms with Crippen LogP contribution < -0.4 is 9.47 Å². The summed E-state index contributed by atoms with van der Waals surface area (Å²) in [5.41, 5.74) is 2.17. The van der Waals surface area contributed by atoms with E-state index in [1.165, 1.54) is 0 Å². The SMILES string of the molecule is CCOc1ccc([C@H]2C(=C(O)c3ccc(OCC(C)C)c(C)c3)C(=O)C(=O)N2CCN(CC)CC)cc1. The minimum absolute atomic E-state index is 0.101. The summed E-state index contributed by atoms with van der Waals surface area (Å²) in [7, 11) is 0. The largest absolute Gasteiger partial charge is 0.507 e. The van der Waals surface area contributed by atoms with Gasteiger partial charge >= 0.3 is 0 Å². The molecule has 0 unspecified atom stereocenters. The number of benzene rings is 2. The van der Waals surface area contributed by atoms with Crippen molar-refractivity contribution in [2.75, 3.05) is 39.4 Å². The average molecular weight is 509 g/mol. The van der Waals surface area contributed by atoms with E-state index in [4.69, 9.17) is 9.47 Å². The number of carbonyl (C=O) groups excluding carboxylic acids is 2. The third kappa shape index (κ3) is 6.52. The first-order valence-corrected chi connectivity index (χ1v) is 13.2. The molecule has 200 valence electrons. The number of ether oxygens (including phenoxy) is 2. The molecule has 0 saturated carbocycles. The van der Waals surface area contributed by atoms with Gasteiger partial charge in [0.15, 0.2) is 0 Å². The lowest BCUT2D eigenvalue weighted by Crippen LogP contribution is -2.38. The number of rotatable bonds is 12. The van der Waals surface area contributed by atoms with E-state index in [9.17, 15) is 14.7 Å². The minimum Gasteiger partial charge on any atom is -0.507 e. The first kappa shape index (κ1) is 28.3. The van der Waals surface area contributed by atoms with Gasteiger partial charge in [0.1, 0.15) is 17.3 Å². The molecule has 0 spiro atoms. The fourth-order valence-electron chi connectivity index (χ4n) is 4.53. The molecule has 1 amide bonds.